The molecule has 20 heavy (non-hydrogen) atoms. The first kappa shape index (κ1) is 15.6. The van der Waals surface area contributed by atoms with Gasteiger partial charge in [-0.15, -0.1) is 0 Å². The topological polar surface area (TPSA) is 24.5 Å². The summed E-state index contributed by atoms with van der Waals surface area (Å²) < 4.78 is 5.54. The van der Waals surface area contributed by atoms with Gasteiger partial charge in [0.15, 0.2) is 0 Å². The minimum Gasteiger partial charge on any atom is -0.380 e. The van der Waals surface area contributed by atoms with Gasteiger partial charge in [-0.2, -0.15) is 0 Å². The van der Waals surface area contributed by atoms with E-state index in [1.807, 2.05) is 12.1 Å². The second kappa shape index (κ2) is 7.87. The van der Waals surface area contributed by atoms with Gasteiger partial charge in [-0.3, -0.25) is 0 Å². The van der Waals surface area contributed by atoms with Crippen molar-refractivity contribution in [2.75, 3.05) is 37.7 Å². The van der Waals surface area contributed by atoms with Crippen LogP contribution in [0.25, 0.3) is 0 Å². The van der Waals surface area contributed by atoms with E-state index < -0.39 is 0 Å². The van der Waals surface area contributed by atoms with Crippen LogP contribution in [0.5, 0.6) is 0 Å². The molecule has 0 aliphatic carbocycles. The lowest BCUT2D eigenvalue weighted by molar-refractivity contribution is 0.152. The Balaban J connectivity index is 2.12. The number of anilines is 1. The van der Waals surface area contributed by atoms with E-state index in [9.17, 15) is 0 Å². The predicted molar refractivity (Wildman–Crippen MR) is 85.6 cm³/mol. The number of rotatable bonds is 5. The van der Waals surface area contributed by atoms with Crippen molar-refractivity contribution in [2.45, 2.75) is 26.8 Å². The third kappa shape index (κ3) is 4.37. The molecule has 1 aromatic rings. The van der Waals surface area contributed by atoms with Gasteiger partial charge in [0.25, 0.3) is 0 Å². The first-order valence-electron chi connectivity index (χ1n) is 7.49. The number of nitrogens with zero attached hydrogens (tertiary/aromatic N) is 1. The van der Waals surface area contributed by atoms with Crippen molar-refractivity contribution in [2.24, 2.45) is 5.92 Å². The SMILES string of the molecule is CC(C)CNCc1cccc(Cl)c1N1CCCOCC1. The zero-order chi connectivity index (χ0) is 14.4. The highest BCUT2D eigenvalue weighted by molar-refractivity contribution is 6.33. The fourth-order valence-electron chi connectivity index (χ4n) is 2.52. The van der Waals surface area contributed by atoms with Crippen LogP contribution in [0, 0.1) is 5.92 Å². The van der Waals surface area contributed by atoms with Crippen LogP contribution in [-0.2, 0) is 11.3 Å². The smallest absolute Gasteiger partial charge is 0.0642 e. The molecular weight excluding hydrogens is 272 g/mol. The van der Waals surface area contributed by atoms with Gasteiger partial charge in [0.05, 0.1) is 17.3 Å². The lowest BCUT2D eigenvalue weighted by Gasteiger charge is -2.26. The normalized spacial score (nSPS) is 16.5. The zero-order valence-electron chi connectivity index (χ0n) is 12.5. The number of nitrogens with one attached hydrogen (secondary N) is 1. The van der Waals surface area contributed by atoms with Gasteiger partial charge in [-0.1, -0.05) is 37.6 Å². The molecule has 0 spiro atoms. The molecule has 1 aliphatic heterocycles. The van der Waals surface area contributed by atoms with Crippen molar-refractivity contribution < 1.29 is 4.74 Å². The van der Waals surface area contributed by atoms with Crippen LogP contribution in [0.3, 0.4) is 0 Å². The van der Waals surface area contributed by atoms with Crippen molar-refractivity contribution in [1.29, 1.82) is 0 Å². The molecule has 112 valence electrons. The Kier molecular flexibility index (Phi) is 6.14. The second-order valence-corrected chi connectivity index (χ2v) is 6.13. The maximum Gasteiger partial charge on any atom is 0.0642 e. The van der Waals surface area contributed by atoms with Crippen molar-refractivity contribution >= 4 is 17.3 Å². The van der Waals surface area contributed by atoms with E-state index in [2.05, 4.69) is 30.1 Å². The highest BCUT2D eigenvalue weighted by atomic mass is 35.5. The summed E-state index contributed by atoms with van der Waals surface area (Å²) in [5.41, 5.74) is 2.45. The Morgan fingerprint density at radius 3 is 2.95 bits per heavy atom. The summed E-state index contributed by atoms with van der Waals surface area (Å²) in [6, 6.07) is 6.18. The lowest BCUT2D eigenvalue weighted by atomic mass is 10.1. The van der Waals surface area contributed by atoms with Crippen LogP contribution in [0.1, 0.15) is 25.8 Å². The number of halogens is 1. The third-order valence-corrected chi connectivity index (χ3v) is 3.78. The number of hydrogen-bond donors (Lipinski definition) is 1. The molecule has 1 aromatic carbocycles. The predicted octanol–water partition coefficient (Wildman–Crippen LogP) is 3.31. The van der Waals surface area contributed by atoms with Crippen LogP contribution in [-0.4, -0.2) is 32.8 Å². The molecule has 1 aliphatic rings. The van der Waals surface area contributed by atoms with Gasteiger partial charge in [0.1, 0.15) is 0 Å². The molecule has 0 amide bonds. The third-order valence-electron chi connectivity index (χ3n) is 3.48. The highest BCUT2D eigenvalue weighted by Crippen LogP contribution is 2.30. The molecule has 1 fully saturated rings. The summed E-state index contributed by atoms with van der Waals surface area (Å²) in [4.78, 5) is 2.36. The van der Waals surface area contributed by atoms with E-state index in [-0.39, 0.29) is 0 Å². The van der Waals surface area contributed by atoms with E-state index in [4.69, 9.17) is 16.3 Å². The minimum absolute atomic E-state index is 0.657. The van der Waals surface area contributed by atoms with E-state index in [0.717, 1.165) is 50.8 Å². The van der Waals surface area contributed by atoms with Gasteiger partial charge in [0, 0.05) is 26.2 Å². The molecule has 4 heteroatoms. The van der Waals surface area contributed by atoms with E-state index in [0.29, 0.717) is 5.92 Å². The maximum absolute atomic E-state index is 6.45. The van der Waals surface area contributed by atoms with Crippen molar-refractivity contribution in [3.8, 4) is 0 Å². The molecule has 0 radical (unpaired) electrons. The summed E-state index contributed by atoms with van der Waals surface area (Å²) >= 11 is 6.45. The van der Waals surface area contributed by atoms with Gasteiger partial charge >= 0.3 is 0 Å². The zero-order valence-corrected chi connectivity index (χ0v) is 13.2. The molecule has 0 unspecified atom stereocenters. The Morgan fingerprint density at radius 2 is 2.15 bits per heavy atom. The Morgan fingerprint density at radius 1 is 1.30 bits per heavy atom. The van der Waals surface area contributed by atoms with Gasteiger partial charge in [-0.25, -0.2) is 0 Å². The summed E-state index contributed by atoms with van der Waals surface area (Å²) in [5, 5.41) is 4.35. The molecule has 0 saturated carbocycles. The Bertz CT molecular complexity index is 415. The van der Waals surface area contributed by atoms with Crippen molar-refractivity contribution in [3.05, 3.63) is 28.8 Å². The maximum atomic E-state index is 6.45. The molecule has 1 saturated heterocycles. The van der Waals surface area contributed by atoms with E-state index in [1.165, 1.54) is 11.3 Å². The van der Waals surface area contributed by atoms with Crippen LogP contribution >= 0.6 is 11.6 Å². The number of ether oxygens (including phenoxy) is 1. The molecule has 0 atom stereocenters. The molecule has 2 rings (SSSR count). The van der Waals surface area contributed by atoms with Crippen LogP contribution < -0.4 is 10.2 Å². The average molecular weight is 297 g/mol. The van der Waals surface area contributed by atoms with Crippen LogP contribution in [0.2, 0.25) is 5.02 Å². The van der Waals surface area contributed by atoms with Gasteiger partial charge in [-0.05, 0) is 30.5 Å². The number of hydrogen-bond acceptors (Lipinski definition) is 3. The molecule has 1 N–H and O–H groups in total. The van der Waals surface area contributed by atoms with Gasteiger partial charge in [0.2, 0.25) is 0 Å². The van der Waals surface area contributed by atoms with Crippen LogP contribution in [0.4, 0.5) is 5.69 Å². The molecule has 3 nitrogen and oxygen atoms in total. The largest absolute Gasteiger partial charge is 0.380 e. The summed E-state index contributed by atoms with van der Waals surface area (Å²) in [6.07, 6.45) is 1.06. The fraction of sp³-hybridized carbons (Fsp3) is 0.625. The number of para-hydroxylation sites is 1. The van der Waals surface area contributed by atoms with E-state index >= 15 is 0 Å². The molecular formula is C16H25ClN2O. The molecule has 1 heterocycles. The first-order valence-corrected chi connectivity index (χ1v) is 7.87. The summed E-state index contributed by atoms with van der Waals surface area (Å²) in [6.45, 7) is 9.89. The second-order valence-electron chi connectivity index (χ2n) is 5.73. The first-order chi connectivity index (χ1) is 9.68. The Labute approximate surface area is 127 Å². The quantitative estimate of drug-likeness (QED) is 0.902. The average Bonchev–Trinajstić information content (AvgIpc) is 2.67. The van der Waals surface area contributed by atoms with E-state index in [1.54, 1.807) is 0 Å². The summed E-state index contributed by atoms with van der Waals surface area (Å²) in [5.74, 6) is 0.657. The lowest BCUT2D eigenvalue weighted by Crippen LogP contribution is -2.28. The van der Waals surface area contributed by atoms with Crippen molar-refractivity contribution in [1.82, 2.24) is 5.32 Å². The van der Waals surface area contributed by atoms with Crippen molar-refractivity contribution in [3.63, 3.8) is 0 Å². The highest BCUT2D eigenvalue weighted by Gasteiger charge is 2.16. The fourth-order valence-corrected chi connectivity index (χ4v) is 2.84. The van der Waals surface area contributed by atoms with Gasteiger partial charge < -0.3 is 15.0 Å². The standard InChI is InChI=1S/C16H25ClN2O/c1-13(2)11-18-12-14-5-3-6-15(17)16(14)19-7-4-9-20-10-8-19/h3,5-6,13,18H,4,7-12H2,1-2H3. The number of benzene rings is 1. The van der Waals surface area contributed by atoms with Crippen LogP contribution in [0.15, 0.2) is 18.2 Å². The molecule has 0 aromatic heterocycles. The molecule has 0 bridgehead atoms. The monoisotopic (exact) mass is 296 g/mol. The Hall–Kier alpha value is -0.770. The minimum atomic E-state index is 0.657. The summed E-state index contributed by atoms with van der Waals surface area (Å²) in [7, 11) is 0.